The maximum Gasteiger partial charge on any atom is 0.0541 e. The van der Waals surface area contributed by atoms with Crippen LogP contribution in [0, 0.1) is 6.92 Å². The molecule has 0 unspecified atom stereocenters. The first-order valence-electron chi connectivity index (χ1n) is 11.4. The van der Waals surface area contributed by atoms with Gasteiger partial charge >= 0.3 is 0 Å². The van der Waals surface area contributed by atoms with Crippen LogP contribution >= 0.6 is 0 Å². The molecule has 0 spiro atoms. The Morgan fingerprint density at radius 1 is 0.606 bits per heavy atom. The van der Waals surface area contributed by atoms with Crippen LogP contribution in [0.15, 0.2) is 121 Å². The molecule has 0 saturated carbocycles. The fourth-order valence-corrected chi connectivity index (χ4v) is 4.33. The molecule has 0 fully saturated rings. The highest BCUT2D eigenvalue weighted by molar-refractivity contribution is 6.11. The van der Waals surface area contributed by atoms with Crippen LogP contribution in [0.2, 0.25) is 0 Å². The summed E-state index contributed by atoms with van der Waals surface area (Å²) in [7, 11) is 0. The number of nitrogens with zero attached hydrogens (tertiary/aromatic N) is 1. The molecule has 0 aliphatic heterocycles. The first-order valence-corrected chi connectivity index (χ1v) is 11.4. The molecule has 1 aromatic heterocycles. The molecule has 1 heterocycles. The molecular weight excluding hydrogens is 398 g/mol. The second-order valence-electron chi connectivity index (χ2n) is 8.32. The van der Waals surface area contributed by atoms with Gasteiger partial charge in [-0.1, -0.05) is 96.6 Å². The fourth-order valence-electron chi connectivity index (χ4n) is 4.33. The maximum atomic E-state index is 2.37. The molecule has 0 radical (unpaired) electrons. The number of allylic oxidation sites excluding steroid dienone is 5. The van der Waals surface area contributed by atoms with E-state index in [9.17, 15) is 0 Å². The lowest BCUT2D eigenvalue weighted by atomic mass is 10.0. The first-order chi connectivity index (χ1) is 16.2. The predicted octanol–water partition coefficient (Wildman–Crippen LogP) is 8.90. The van der Waals surface area contributed by atoms with Gasteiger partial charge in [-0.2, -0.15) is 0 Å². The van der Waals surface area contributed by atoms with Crippen molar-refractivity contribution in [1.82, 2.24) is 4.57 Å². The second-order valence-corrected chi connectivity index (χ2v) is 8.32. The number of hydrogen-bond acceptors (Lipinski definition) is 0. The molecule has 0 saturated heterocycles. The van der Waals surface area contributed by atoms with Crippen LogP contribution in [-0.4, -0.2) is 4.57 Å². The van der Waals surface area contributed by atoms with E-state index < -0.39 is 0 Å². The fraction of sp³-hybridized carbons (Fsp3) is 0.0625. The standard InChI is InChI=1S/C32H27N/c1-3-4-5-6-8-11-25-16-20-31-29(22-25)30-23-27(26-12-9-7-10-13-26)17-21-32(30)33(31)28-18-14-24(2)15-19-28/h3-23H,1-2H3/b4-3-,6-5-,11-8+. The van der Waals surface area contributed by atoms with E-state index in [0.717, 1.165) is 0 Å². The highest BCUT2D eigenvalue weighted by Crippen LogP contribution is 2.35. The highest BCUT2D eigenvalue weighted by Gasteiger charge is 2.13. The minimum Gasteiger partial charge on any atom is -0.309 e. The third-order valence-electron chi connectivity index (χ3n) is 6.00. The quantitative estimate of drug-likeness (QED) is 0.248. The Bertz CT molecular complexity index is 1490. The molecule has 0 aliphatic carbocycles. The van der Waals surface area contributed by atoms with E-state index in [1.54, 1.807) is 0 Å². The van der Waals surface area contributed by atoms with Gasteiger partial charge in [-0.15, -0.1) is 0 Å². The summed E-state index contributed by atoms with van der Waals surface area (Å²) in [5.74, 6) is 0. The van der Waals surface area contributed by atoms with Gasteiger partial charge in [0.15, 0.2) is 0 Å². The zero-order valence-corrected chi connectivity index (χ0v) is 19.1. The molecule has 160 valence electrons. The van der Waals surface area contributed by atoms with E-state index in [1.807, 2.05) is 25.2 Å². The summed E-state index contributed by atoms with van der Waals surface area (Å²) in [4.78, 5) is 0. The monoisotopic (exact) mass is 425 g/mol. The van der Waals surface area contributed by atoms with Crippen molar-refractivity contribution in [2.24, 2.45) is 0 Å². The topological polar surface area (TPSA) is 4.93 Å². The van der Waals surface area contributed by atoms with Crippen molar-refractivity contribution in [3.8, 4) is 16.8 Å². The summed E-state index contributed by atoms with van der Waals surface area (Å²) in [6.07, 6.45) is 12.4. The Balaban J connectivity index is 1.72. The third kappa shape index (κ3) is 4.18. The molecule has 4 aromatic carbocycles. The van der Waals surface area contributed by atoms with Gasteiger partial charge in [-0.25, -0.2) is 0 Å². The van der Waals surface area contributed by atoms with E-state index in [2.05, 4.69) is 121 Å². The molecule has 0 amide bonds. The van der Waals surface area contributed by atoms with E-state index in [4.69, 9.17) is 0 Å². The zero-order chi connectivity index (χ0) is 22.6. The van der Waals surface area contributed by atoms with Crippen molar-refractivity contribution >= 4 is 27.9 Å². The smallest absolute Gasteiger partial charge is 0.0541 e. The summed E-state index contributed by atoms with van der Waals surface area (Å²) >= 11 is 0. The molecule has 33 heavy (non-hydrogen) atoms. The van der Waals surface area contributed by atoms with Crippen molar-refractivity contribution in [3.05, 3.63) is 133 Å². The van der Waals surface area contributed by atoms with Gasteiger partial charge in [0.1, 0.15) is 0 Å². The third-order valence-corrected chi connectivity index (χ3v) is 6.00. The first kappa shape index (κ1) is 20.8. The van der Waals surface area contributed by atoms with E-state index >= 15 is 0 Å². The van der Waals surface area contributed by atoms with Gasteiger partial charge in [-0.05, 0) is 66.9 Å². The van der Waals surface area contributed by atoms with Crippen LogP contribution in [-0.2, 0) is 0 Å². The molecule has 0 bridgehead atoms. The Hall–Kier alpha value is -4.10. The Morgan fingerprint density at radius 2 is 1.30 bits per heavy atom. The molecule has 5 rings (SSSR count). The summed E-state index contributed by atoms with van der Waals surface area (Å²) in [6.45, 7) is 4.15. The van der Waals surface area contributed by atoms with Crippen LogP contribution in [0.5, 0.6) is 0 Å². The molecule has 1 nitrogen and oxygen atoms in total. The van der Waals surface area contributed by atoms with E-state index in [1.165, 1.54) is 49.7 Å². The van der Waals surface area contributed by atoms with Crippen LogP contribution in [0.4, 0.5) is 0 Å². The normalized spacial score (nSPS) is 12.2. The number of aryl methyl sites for hydroxylation is 1. The van der Waals surface area contributed by atoms with Crippen LogP contribution in [0.3, 0.4) is 0 Å². The van der Waals surface area contributed by atoms with E-state index in [0.29, 0.717) is 0 Å². The van der Waals surface area contributed by atoms with Crippen molar-refractivity contribution in [2.75, 3.05) is 0 Å². The summed E-state index contributed by atoms with van der Waals surface area (Å²) in [5, 5.41) is 2.54. The predicted molar refractivity (Wildman–Crippen MR) is 144 cm³/mol. The Kier molecular flexibility index (Phi) is 5.78. The van der Waals surface area contributed by atoms with E-state index in [-0.39, 0.29) is 0 Å². The molecule has 0 atom stereocenters. The minimum atomic E-state index is 1.19. The van der Waals surface area contributed by atoms with Gasteiger partial charge in [0.2, 0.25) is 0 Å². The van der Waals surface area contributed by atoms with Gasteiger partial charge in [0, 0.05) is 16.5 Å². The van der Waals surface area contributed by atoms with Crippen LogP contribution < -0.4 is 0 Å². The number of aromatic nitrogens is 1. The number of rotatable bonds is 5. The molecule has 5 aromatic rings. The summed E-state index contributed by atoms with van der Waals surface area (Å²) in [6, 6.07) is 32.9. The minimum absolute atomic E-state index is 1.19. The summed E-state index contributed by atoms with van der Waals surface area (Å²) < 4.78 is 2.37. The SMILES string of the molecule is C\C=C/C=C\C=C\c1ccc2c(c1)c1cc(-c3ccccc3)ccc1n2-c1ccc(C)cc1. The van der Waals surface area contributed by atoms with Gasteiger partial charge < -0.3 is 4.57 Å². The maximum absolute atomic E-state index is 2.37. The number of fused-ring (bicyclic) bond motifs is 3. The van der Waals surface area contributed by atoms with Crippen molar-refractivity contribution < 1.29 is 0 Å². The van der Waals surface area contributed by atoms with Crippen LogP contribution in [0.25, 0.3) is 44.7 Å². The second kappa shape index (κ2) is 9.18. The lowest BCUT2D eigenvalue weighted by Gasteiger charge is -2.09. The van der Waals surface area contributed by atoms with Crippen molar-refractivity contribution in [2.45, 2.75) is 13.8 Å². The summed E-state index contributed by atoms with van der Waals surface area (Å²) in [5.41, 5.74) is 8.57. The Morgan fingerprint density at radius 3 is 2.06 bits per heavy atom. The lowest BCUT2D eigenvalue weighted by molar-refractivity contribution is 1.17. The lowest BCUT2D eigenvalue weighted by Crippen LogP contribution is -1.93. The van der Waals surface area contributed by atoms with Crippen molar-refractivity contribution in [1.29, 1.82) is 0 Å². The molecule has 0 aliphatic rings. The average Bonchev–Trinajstić information content (AvgIpc) is 3.18. The zero-order valence-electron chi connectivity index (χ0n) is 19.1. The number of hydrogen-bond donors (Lipinski definition) is 0. The number of benzene rings is 4. The molecule has 1 heteroatoms. The largest absolute Gasteiger partial charge is 0.309 e. The van der Waals surface area contributed by atoms with Gasteiger partial charge in [0.05, 0.1) is 11.0 Å². The molecular formula is C32H27N. The van der Waals surface area contributed by atoms with Crippen molar-refractivity contribution in [3.63, 3.8) is 0 Å². The van der Waals surface area contributed by atoms with Crippen LogP contribution in [0.1, 0.15) is 18.1 Å². The highest BCUT2D eigenvalue weighted by atomic mass is 15.0. The average molecular weight is 426 g/mol. The van der Waals surface area contributed by atoms with Gasteiger partial charge in [-0.3, -0.25) is 0 Å². The Labute approximate surface area is 195 Å². The molecule has 0 N–H and O–H groups in total. The van der Waals surface area contributed by atoms with Gasteiger partial charge in [0.25, 0.3) is 0 Å².